The number of nitrogens with one attached hydrogen (secondary N) is 2. The molecule has 0 aromatic heterocycles. The average molecular weight is 267 g/mol. The summed E-state index contributed by atoms with van der Waals surface area (Å²) in [5, 5.41) is 6.59. The van der Waals surface area contributed by atoms with Gasteiger partial charge < -0.3 is 10.6 Å². The van der Waals surface area contributed by atoms with Crippen molar-refractivity contribution in [3.63, 3.8) is 0 Å². The van der Waals surface area contributed by atoms with Crippen LogP contribution in [0.25, 0.3) is 0 Å². The number of piperazine rings is 1. The Labute approximate surface area is 117 Å². The van der Waals surface area contributed by atoms with Crippen molar-refractivity contribution in [2.45, 2.75) is 58.0 Å². The lowest BCUT2D eigenvalue weighted by Crippen LogP contribution is -2.54. The van der Waals surface area contributed by atoms with Gasteiger partial charge in [-0.15, -0.1) is 0 Å². The molecule has 0 radical (unpaired) electrons. The molecule has 0 spiro atoms. The van der Waals surface area contributed by atoms with Gasteiger partial charge in [-0.05, 0) is 38.5 Å². The summed E-state index contributed by atoms with van der Waals surface area (Å²) in [5.41, 5.74) is 0. The van der Waals surface area contributed by atoms with Crippen LogP contribution in [0.2, 0.25) is 0 Å². The quantitative estimate of drug-likeness (QED) is 0.808. The highest BCUT2D eigenvalue weighted by atomic mass is 16.2. The van der Waals surface area contributed by atoms with Crippen molar-refractivity contribution in [2.24, 2.45) is 5.92 Å². The molecule has 0 aromatic carbocycles. The Morgan fingerprint density at radius 2 is 1.89 bits per heavy atom. The smallest absolute Gasteiger partial charge is 0.237 e. The molecule has 2 aliphatic rings. The topological polar surface area (TPSA) is 44.4 Å². The molecule has 1 amide bonds. The predicted octanol–water partition coefficient (Wildman–Crippen LogP) is 1.37. The predicted molar refractivity (Wildman–Crippen MR) is 78.1 cm³/mol. The largest absolute Gasteiger partial charge is 0.352 e. The molecule has 110 valence electrons. The van der Waals surface area contributed by atoms with Crippen LogP contribution in [-0.4, -0.2) is 49.1 Å². The Morgan fingerprint density at radius 3 is 2.47 bits per heavy atom. The van der Waals surface area contributed by atoms with E-state index in [0.717, 1.165) is 32.1 Å². The third-order valence-corrected chi connectivity index (χ3v) is 4.85. The minimum absolute atomic E-state index is 0.0194. The summed E-state index contributed by atoms with van der Waals surface area (Å²) in [4.78, 5) is 14.6. The molecule has 1 saturated heterocycles. The van der Waals surface area contributed by atoms with Crippen LogP contribution >= 0.6 is 0 Å². The summed E-state index contributed by atoms with van der Waals surface area (Å²) in [6, 6.07) is 0.437. The van der Waals surface area contributed by atoms with Crippen molar-refractivity contribution in [1.82, 2.24) is 15.5 Å². The van der Waals surface area contributed by atoms with Crippen LogP contribution in [0.5, 0.6) is 0 Å². The van der Waals surface area contributed by atoms with E-state index in [1.54, 1.807) is 0 Å². The molecule has 2 rings (SSSR count). The Kier molecular flexibility index (Phi) is 5.64. The Hall–Kier alpha value is -0.610. The summed E-state index contributed by atoms with van der Waals surface area (Å²) in [6.45, 7) is 8.28. The first-order valence-electron chi connectivity index (χ1n) is 7.95. The number of hydrogen-bond acceptors (Lipinski definition) is 3. The van der Waals surface area contributed by atoms with Gasteiger partial charge in [-0.3, -0.25) is 9.69 Å². The molecule has 2 fully saturated rings. The molecule has 1 heterocycles. The first-order valence-corrected chi connectivity index (χ1v) is 7.95. The number of carbonyl (C=O) groups is 1. The number of carbonyl (C=O) groups excluding carboxylic acids is 1. The standard InChI is InChI=1S/C15H29N3O/c1-3-13-4-6-14(7-5-13)17-15(19)12(2)18-10-8-16-9-11-18/h12-14,16H,3-11H2,1-2H3,(H,17,19). The number of amides is 1. The lowest BCUT2D eigenvalue weighted by molar-refractivity contribution is -0.127. The molecule has 19 heavy (non-hydrogen) atoms. The molecule has 4 nitrogen and oxygen atoms in total. The van der Waals surface area contributed by atoms with Crippen LogP contribution in [0, 0.1) is 5.92 Å². The highest BCUT2D eigenvalue weighted by molar-refractivity contribution is 5.81. The second kappa shape index (κ2) is 7.25. The third-order valence-electron chi connectivity index (χ3n) is 4.85. The second-order valence-electron chi connectivity index (χ2n) is 6.10. The fraction of sp³-hybridized carbons (Fsp3) is 0.933. The maximum absolute atomic E-state index is 12.3. The molecule has 0 aromatic rings. The molecular formula is C15H29N3O. The molecule has 2 N–H and O–H groups in total. The normalized spacial score (nSPS) is 30.8. The van der Waals surface area contributed by atoms with E-state index in [9.17, 15) is 4.79 Å². The van der Waals surface area contributed by atoms with Gasteiger partial charge in [0, 0.05) is 32.2 Å². The van der Waals surface area contributed by atoms with Gasteiger partial charge in [0.15, 0.2) is 0 Å². The first kappa shape index (κ1) is 14.8. The summed E-state index contributed by atoms with van der Waals surface area (Å²) in [5.74, 6) is 1.11. The van der Waals surface area contributed by atoms with E-state index in [4.69, 9.17) is 0 Å². The minimum Gasteiger partial charge on any atom is -0.352 e. The molecule has 1 unspecified atom stereocenters. The van der Waals surface area contributed by atoms with Gasteiger partial charge in [0.05, 0.1) is 6.04 Å². The number of nitrogens with zero attached hydrogens (tertiary/aromatic N) is 1. The van der Waals surface area contributed by atoms with Crippen molar-refractivity contribution in [1.29, 1.82) is 0 Å². The van der Waals surface area contributed by atoms with Crippen molar-refractivity contribution < 1.29 is 4.79 Å². The Bertz CT molecular complexity index is 281. The van der Waals surface area contributed by atoms with E-state index in [1.807, 2.05) is 6.92 Å². The van der Waals surface area contributed by atoms with Crippen molar-refractivity contribution in [3.8, 4) is 0 Å². The van der Waals surface area contributed by atoms with Gasteiger partial charge in [-0.25, -0.2) is 0 Å². The van der Waals surface area contributed by atoms with E-state index in [-0.39, 0.29) is 11.9 Å². The van der Waals surface area contributed by atoms with Crippen LogP contribution in [0.1, 0.15) is 46.0 Å². The van der Waals surface area contributed by atoms with Crippen LogP contribution in [0.4, 0.5) is 0 Å². The van der Waals surface area contributed by atoms with Gasteiger partial charge in [-0.1, -0.05) is 13.3 Å². The molecule has 0 bridgehead atoms. The maximum Gasteiger partial charge on any atom is 0.237 e. The molecule has 1 aliphatic heterocycles. The van der Waals surface area contributed by atoms with Gasteiger partial charge in [0.25, 0.3) is 0 Å². The number of rotatable bonds is 4. The highest BCUT2D eigenvalue weighted by Crippen LogP contribution is 2.26. The first-order chi connectivity index (χ1) is 9.20. The maximum atomic E-state index is 12.3. The zero-order valence-corrected chi connectivity index (χ0v) is 12.5. The minimum atomic E-state index is 0.0194. The molecule has 1 saturated carbocycles. The van der Waals surface area contributed by atoms with Gasteiger partial charge >= 0.3 is 0 Å². The van der Waals surface area contributed by atoms with Crippen LogP contribution < -0.4 is 10.6 Å². The lowest BCUT2D eigenvalue weighted by Gasteiger charge is -2.34. The molecular weight excluding hydrogens is 238 g/mol. The molecule has 1 aliphatic carbocycles. The lowest BCUT2D eigenvalue weighted by atomic mass is 9.84. The van der Waals surface area contributed by atoms with E-state index in [0.29, 0.717) is 6.04 Å². The van der Waals surface area contributed by atoms with Crippen molar-refractivity contribution in [3.05, 3.63) is 0 Å². The van der Waals surface area contributed by atoms with Crippen molar-refractivity contribution >= 4 is 5.91 Å². The van der Waals surface area contributed by atoms with Gasteiger partial charge in [0.1, 0.15) is 0 Å². The summed E-state index contributed by atoms with van der Waals surface area (Å²) in [6.07, 6.45) is 6.18. The van der Waals surface area contributed by atoms with E-state index < -0.39 is 0 Å². The van der Waals surface area contributed by atoms with E-state index in [2.05, 4.69) is 22.5 Å². The Morgan fingerprint density at radius 1 is 1.26 bits per heavy atom. The fourth-order valence-corrected chi connectivity index (χ4v) is 3.27. The van der Waals surface area contributed by atoms with Gasteiger partial charge in [0.2, 0.25) is 5.91 Å². The fourth-order valence-electron chi connectivity index (χ4n) is 3.27. The van der Waals surface area contributed by atoms with Crippen molar-refractivity contribution in [2.75, 3.05) is 26.2 Å². The average Bonchev–Trinajstić information content (AvgIpc) is 2.48. The van der Waals surface area contributed by atoms with Crippen LogP contribution in [0.15, 0.2) is 0 Å². The summed E-state index contributed by atoms with van der Waals surface area (Å²) >= 11 is 0. The SMILES string of the molecule is CCC1CCC(NC(=O)C(C)N2CCNCC2)CC1. The number of hydrogen-bond donors (Lipinski definition) is 2. The van der Waals surface area contributed by atoms with Crippen LogP contribution in [-0.2, 0) is 4.79 Å². The zero-order valence-electron chi connectivity index (χ0n) is 12.5. The Balaban J connectivity index is 1.74. The highest BCUT2D eigenvalue weighted by Gasteiger charge is 2.26. The molecule has 1 atom stereocenters. The zero-order chi connectivity index (χ0) is 13.7. The van der Waals surface area contributed by atoms with E-state index in [1.165, 1.54) is 32.1 Å². The third kappa shape index (κ3) is 4.18. The monoisotopic (exact) mass is 267 g/mol. The summed E-state index contributed by atoms with van der Waals surface area (Å²) < 4.78 is 0. The van der Waals surface area contributed by atoms with Gasteiger partial charge in [-0.2, -0.15) is 0 Å². The second-order valence-corrected chi connectivity index (χ2v) is 6.10. The summed E-state index contributed by atoms with van der Waals surface area (Å²) in [7, 11) is 0. The molecule has 4 heteroatoms. The van der Waals surface area contributed by atoms with E-state index >= 15 is 0 Å². The van der Waals surface area contributed by atoms with Crippen LogP contribution in [0.3, 0.4) is 0 Å².